The molecule has 0 aliphatic heterocycles. The van der Waals surface area contributed by atoms with E-state index in [-0.39, 0.29) is 6.42 Å². The van der Waals surface area contributed by atoms with E-state index in [2.05, 4.69) is 20.9 Å². The number of carbonyl (C=O) groups is 1. The van der Waals surface area contributed by atoms with Crippen LogP contribution in [0, 0.1) is 6.92 Å². The molecule has 2 N–H and O–H groups in total. The number of H-pyrrole nitrogens is 1. The molecule has 22 heavy (non-hydrogen) atoms. The summed E-state index contributed by atoms with van der Waals surface area (Å²) in [5, 5.41) is 10.8. The van der Waals surface area contributed by atoms with Crippen LogP contribution in [0.25, 0.3) is 22.2 Å². The molecule has 0 unspecified atom stereocenters. The highest BCUT2D eigenvalue weighted by Crippen LogP contribution is 2.35. The second-order valence-corrected chi connectivity index (χ2v) is 6.47. The molecule has 0 spiro atoms. The minimum Gasteiger partial charge on any atom is -0.481 e. The van der Waals surface area contributed by atoms with E-state index < -0.39 is 5.97 Å². The van der Waals surface area contributed by atoms with Crippen LogP contribution < -0.4 is 0 Å². The minimum absolute atomic E-state index is 0.0352. The smallest absolute Gasteiger partial charge is 0.307 e. The molecular weight excluding hydrogens is 366 g/mol. The summed E-state index contributed by atoms with van der Waals surface area (Å²) in [5.41, 5.74) is 4.38. The fourth-order valence-electron chi connectivity index (χ4n) is 2.63. The SMILES string of the molecule is Cc1c(Cl)ccc2c(CC(=O)O)c(-c3ccc(Br)cc3)[nH]c12. The number of benzene rings is 2. The predicted molar refractivity (Wildman–Crippen MR) is 92.5 cm³/mol. The van der Waals surface area contributed by atoms with Crippen molar-refractivity contribution in [3.05, 3.63) is 57.0 Å². The van der Waals surface area contributed by atoms with Crippen LogP contribution in [0.1, 0.15) is 11.1 Å². The topological polar surface area (TPSA) is 53.1 Å². The number of hydrogen-bond donors (Lipinski definition) is 2. The van der Waals surface area contributed by atoms with Crippen molar-refractivity contribution in [2.75, 3.05) is 0 Å². The van der Waals surface area contributed by atoms with Crippen molar-refractivity contribution < 1.29 is 9.90 Å². The Labute approximate surface area is 141 Å². The molecule has 0 fully saturated rings. The highest BCUT2D eigenvalue weighted by atomic mass is 79.9. The summed E-state index contributed by atoms with van der Waals surface area (Å²) in [6, 6.07) is 11.5. The number of aliphatic carboxylic acids is 1. The first kappa shape index (κ1) is 15.1. The molecule has 0 aliphatic carbocycles. The Hall–Kier alpha value is -1.78. The van der Waals surface area contributed by atoms with E-state index in [1.54, 1.807) is 0 Å². The van der Waals surface area contributed by atoms with Gasteiger partial charge in [-0.05, 0) is 41.8 Å². The first-order valence-electron chi connectivity index (χ1n) is 6.74. The molecule has 1 aromatic heterocycles. The number of hydrogen-bond acceptors (Lipinski definition) is 1. The van der Waals surface area contributed by atoms with E-state index in [1.807, 2.05) is 43.3 Å². The molecular formula is C17H13BrClNO2. The summed E-state index contributed by atoms with van der Waals surface area (Å²) in [7, 11) is 0. The predicted octanol–water partition coefficient (Wildman–Crippen LogP) is 5.19. The molecule has 3 aromatic rings. The highest BCUT2D eigenvalue weighted by molar-refractivity contribution is 9.10. The summed E-state index contributed by atoms with van der Waals surface area (Å²) in [4.78, 5) is 14.6. The van der Waals surface area contributed by atoms with Gasteiger partial charge in [-0.2, -0.15) is 0 Å². The summed E-state index contributed by atoms with van der Waals surface area (Å²) in [6.07, 6.45) is -0.0352. The van der Waals surface area contributed by atoms with E-state index in [4.69, 9.17) is 11.6 Å². The summed E-state index contributed by atoms with van der Waals surface area (Å²) in [5.74, 6) is -0.855. The normalized spacial score (nSPS) is 11.0. The van der Waals surface area contributed by atoms with Crippen LogP contribution in [0.4, 0.5) is 0 Å². The molecule has 0 bridgehead atoms. The van der Waals surface area contributed by atoms with Crippen molar-refractivity contribution in [1.82, 2.24) is 4.98 Å². The number of fused-ring (bicyclic) bond motifs is 1. The van der Waals surface area contributed by atoms with Gasteiger partial charge in [-0.3, -0.25) is 4.79 Å². The molecule has 0 aliphatic rings. The van der Waals surface area contributed by atoms with Crippen LogP contribution in [0.2, 0.25) is 5.02 Å². The quantitative estimate of drug-likeness (QED) is 0.659. The van der Waals surface area contributed by atoms with Crippen LogP contribution in [0.15, 0.2) is 40.9 Å². The average molecular weight is 379 g/mol. The van der Waals surface area contributed by atoms with Gasteiger partial charge in [0.05, 0.1) is 17.6 Å². The molecule has 0 saturated heterocycles. The number of carboxylic acids is 1. The zero-order chi connectivity index (χ0) is 15.9. The summed E-state index contributed by atoms with van der Waals surface area (Å²) < 4.78 is 0.978. The van der Waals surface area contributed by atoms with Gasteiger partial charge in [-0.15, -0.1) is 0 Å². The molecule has 0 atom stereocenters. The van der Waals surface area contributed by atoms with Gasteiger partial charge >= 0.3 is 5.97 Å². The van der Waals surface area contributed by atoms with Crippen LogP contribution in [0.3, 0.4) is 0 Å². The lowest BCUT2D eigenvalue weighted by Gasteiger charge is -2.03. The van der Waals surface area contributed by atoms with Crippen LogP contribution in [0.5, 0.6) is 0 Å². The Kier molecular flexibility index (Phi) is 3.98. The van der Waals surface area contributed by atoms with Crippen molar-refractivity contribution in [3.8, 4) is 11.3 Å². The number of aromatic nitrogens is 1. The van der Waals surface area contributed by atoms with Gasteiger partial charge in [0.1, 0.15) is 0 Å². The zero-order valence-electron chi connectivity index (χ0n) is 11.8. The fourth-order valence-corrected chi connectivity index (χ4v) is 3.05. The molecule has 112 valence electrons. The van der Waals surface area contributed by atoms with E-state index >= 15 is 0 Å². The maximum atomic E-state index is 11.3. The third-order valence-electron chi connectivity index (χ3n) is 3.74. The number of nitrogens with one attached hydrogen (secondary N) is 1. The van der Waals surface area contributed by atoms with Crippen LogP contribution in [-0.2, 0) is 11.2 Å². The number of aryl methyl sites for hydroxylation is 1. The van der Waals surface area contributed by atoms with Crippen molar-refractivity contribution >= 4 is 44.4 Å². The first-order chi connectivity index (χ1) is 10.5. The number of carboxylic acid groups (broad SMARTS) is 1. The second-order valence-electron chi connectivity index (χ2n) is 5.15. The lowest BCUT2D eigenvalue weighted by molar-refractivity contribution is -0.136. The van der Waals surface area contributed by atoms with E-state index in [1.165, 1.54) is 0 Å². The molecule has 2 aromatic carbocycles. The monoisotopic (exact) mass is 377 g/mol. The molecule has 0 amide bonds. The Balaban J connectivity index is 2.30. The average Bonchev–Trinajstić information content (AvgIpc) is 2.83. The molecule has 5 heteroatoms. The maximum Gasteiger partial charge on any atom is 0.307 e. The van der Waals surface area contributed by atoms with Crippen molar-refractivity contribution in [1.29, 1.82) is 0 Å². The molecule has 0 saturated carbocycles. The van der Waals surface area contributed by atoms with Crippen LogP contribution in [-0.4, -0.2) is 16.1 Å². The standard InChI is InChI=1S/C17H13BrClNO2/c1-9-14(19)7-6-12-13(8-15(21)22)17(20-16(9)12)10-2-4-11(18)5-3-10/h2-7,20H,8H2,1H3,(H,21,22). The molecule has 3 nitrogen and oxygen atoms in total. The summed E-state index contributed by atoms with van der Waals surface area (Å²) in [6.45, 7) is 1.93. The third kappa shape index (κ3) is 2.64. The third-order valence-corrected chi connectivity index (χ3v) is 4.67. The van der Waals surface area contributed by atoms with Gasteiger partial charge in [0.25, 0.3) is 0 Å². The highest BCUT2D eigenvalue weighted by Gasteiger charge is 2.17. The maximum absolute atomic E-state index is 11.3. The summed E-state index contributed by atoms with van der Waals surface area (Å²) >= 11 is 9.59. The van der Waals surface area contributed by atoms with Crippen molar-refractivity contribution in [3.63, 3.8) is 0 Å². The van der Waals surface area contributed by atoms with Gasteiger partial charge in [0, 0.05) is 14.9 Å². The van der Waals surface area contributed by atoms with Crippen molar-refractivity contribution in [2.45, 2.75) is 13.3 Å². The van der Waals surface area contributed by atoms with E-state index in [9.17, 15) is 9.90 Å². The van der Waals surface area contributed by atoms with Gasteiger partial charge in [-0.1, -0.05) is 45.7 Å². The Morgan fingerprint density at radius 3 is 2.55 bits per heavy atom. The fraction of sp³-hybridized carbons (Fsp3) is 0.118. The van der Waals surface area contributed by atoms with Crippen molar-refractivity contribution in [2.24, 2.45) is 0 Å². The largest absolute Gasteiger partial charge is 0.481 e. The molecule has 0 radical (unpaired) electrons. The minimum atomic E-state index is -0.855. The van der Waals surface area contributed by atoms with E-state index in [0.717, 1.165) is 37.8 Å². The molecule has 3 rings (SSSR count). The Morgan fingerprint density at radius 2 is 1.91 bits per heavy atom. The van der Waals surface area contributed by atoms with Gasteiger partial charge < -0.3 is 10.1 Å². The Bertz CT molecular complexity index is 868. The number of rotatable bonds is 3. The van der Waals surface area contributed by atoms with Gasteiger partial charge in [0.15, 0.2) is 0 Å². The first-order valence-corrected chi connectivity index (χ1v) is 7.92. The number of halogens is 2. The molecule has 1 heterocycles. The lowest BCUT2D eigenvalue weighted by Crippen LogP contribution is -2.00. The Morgan fingerprint density at radius 1 is 1.23 bits per heavy atom. The number of aromatic amines is 1. The second kappa shape index (κ2) is 5.78. The van der Waals surface area contributed by atoms with Gasteiger partial charge in [-0.25, -0.2) is 0 Å². The lowest BCUT2D eigenvalue weighted by atomic mass is 10.0. The van der Waals surface area contributed by atoms with Crippen LogP contribution >= 0.6 is 27.5 Å². The van der Waals surface area contributed by atoms with E-state index in [0.29, 0.717) is 5.02 Å². The zero-order valence-corrected chi connectivity index (χ0v) is 14.1. The van der Waals surface area contributed by atoms with Gasteiger partial charge in [0.2, 0.25) is 0 Å².